The number of anilines is 2. The topological polar surface area (TPSA) is 95.8 Å². The second-order valence-corrected chi connectivity index (χ2v) is 10.6. The molecule has 2 fully saturated rings. The van der Waals surface area contributed by atoms with E-state index in [2.05, 4.69) is 44.4 Å². The largest absolute Gasteiger partial charge is 0.445 e. The number of nitrogens with one attached hydrogen (secondary N) is 1. The minimum Gasteiger partial charge on any atom is -0.445 e. The van der Waals surface area contributed by atoms with Crippen LogP contribution in [0.3, 0.4) is 0 Å². The van der Waals surface area contributed by atoms with Crippen LogP contribution >= 0.6 is 0 Å². The minimum atomic E-state index is -0.264. The van der Waals surface area contributed by atoms with Crippen LogP contribution in [0.2, 0.25) is 0 Å². The first kappa shape index (κ1) is 27.5. The number of aromatic nitrogens is 3. The van der Waals surface area contributed by atoms with Crippen molar-refractivity contribution in [3.63, 3.8) is 0 Å². The summed E-state index contributed by atoms with van der Waals surface area (Å²) < 4.78 is 7.12. The van der Waals surface area contributed by atoms with E-state index in [0.717, 1.165) is 43.0 Å². The van der Waals surface area contributed by atoms with E-state index in [0.29, 0.717) is 31.3 Å². The highest BCUT2D eigenvalue weighted by atomic mass is 16.6. The fourth-order valence-electron chi connectivity index (χ4n) is 5.51. The van der Waals surface area contributed by atoms with Crippen LogP contribution in [0.5, 0.6) is 0 Å². The molecule has 0 aliphatic carbocycles. The third kappa shape index (κ3) is 6.13. The van der Waals surface area contributed by atoms with Gasteiger partial charge in [0.2, 0.25) is 5.95 Å². The number of nitrogens with zero attached hydrogens (tertiary/aromatic N) is 6. The van der Waals surface area contributed by atoms with Gasteiger partial charge in [-0.2, -0.15) is 0 Å². The molecule has 2 aliphatic rings. The van der Waals surface area contributed by atoms with Crippen molar-refractivity contribution in [3.05, 3.63) is 107 Å². The highest BCUT2D eigenvalue weighted by Crippen LogP contribution is 2.25. The molecule has 1 amide bonds. The van der Waals surface area contributed by atoms with Crippen molar-refractivity contribution in [1.29, 1.82) is 0 Å². The first-order valence-electron chi connectivity index (χ1n) is 14.3. The number of carbonyl (C=O) groups excluding carboxylic acids is 1. The fraction of sp³-hybridized carbons (Fsp3) is 0.312. The molecule has 2 aliphatic heterocycles. The van der Waals surface area contributed by atoms with E-state index in [1.54, 1.807) is 35.0 Å². The molecule has 1 atom stereocenters. The number of amides is 1. The third-order valence-electron chi connectivity index (χ3n) is 7.95. The molecule has 0 spiro atoms. The van der Waals surface area contributed by atoms with Crippen LogP contribution < -0.4 is 20.7 Å². The van der Waals surface area contributed by atoms with Crippen molar-refractivity contribution in [3.8, 4) is 11.3 Å². The molecular weight excluding hydrogens is 530 g/mol. The van der Waals surface area contributed by atoms with Crippen molar-refractivity contribution in [2.45, 2.75) is 12.6 Å². The molecule has 4 heterocycles. The van der Waals surface area contributed by atoms with Gasteiger partial charge in [-0.25, -0.2) is 9.78 Å². The first-order valence-corrected chi connectivity index (χ1v) is 14.3. The maximum Gasteiger partial charge on any atom is 0.410 e. The van der Waals surface area contributed by atoms with Gasteiger partial charge in [0.25, 0.3) is 5.56 Å². The predicted octanol–water partition coefficient (Wildman–Crippen LogP) is 3.45. The third-order valence-corrected chi connectivity index (χ3v) is 7.95. The molecule has 4 aromatic rings. The maximum absolute atomic E-state index is 12.8. The summed E-state index contributed by atoms with van der Waals surface area (Å²) in [6.45, 7) is 5.28. The van der Waals surface area contributed by atoms with Crippen LogP contribution in [0.25, 0.3) is 11.3 Å². The molecule has 42 heavy (non-hydrogen) atoms. The Labute approximate surface area is 245 Å². The van der Waals surface area contributed by atoms with Crippen molar-refractivity contribution >= 4 is 17.7 Å². The Kier molecular flexibility index (Phi) is 8.14. The molecule has 1 unspecified atom stereocenters. The van der Waals surface area contributed by atoms with Crippen molar-refractivity contribution in [2.24, 2.45) is 7.05 Å². The van der Waals surface area contributed by atoms with Crippen LogP contribution in [0.15, 0.2) is 90.0 Å². The maximum atomic E-state index is 12.8. The molecule has 216 valence electrons. The number of pyridine rings is 1. The Morgan fingerprint density at radius 2 is 1.67 bits per heavy atom. The zero-order valence-electron chi connectivity index (χ0n) is 23.7. The lowest BCUT2D eigenvalue weighted by Crippen LogP contribution is -2.49. The SMILES string of the molecule is Cn1c(N2CCNC(c3ccc(N4CCN(C(=O)OCc5ccccc5)CC4)cc3)C2)nc(-c2ccncc2)cc1=O. The van der Waals surface area contributed by atoms with Gasteiger partial charge in [0.1, 0.15) is 6.61 Å². The molecule has 6 rings (SSSR count). The van der Waals surface area contributed by atoms with Gasteiger partial charge in [-0.3, -0.25) is 14.3 Å². The van der Waals surface area contributed by atoms with Crippen LogP contribution in [-0.2, 0) is 18.4 Å². The Bertz CT molecular complexity index is 1550. The fourth-order valence-corrected chi connectivity index (χ4v) is 5.51. The smallest absolute Gasteiger partial charge is 0.410 e. The van der Waals surface area contributed by atoms with E-state index in [1.165, 1.54) is 5.56 Å². The quantitative estimate of drug-likeness (QED) is 0.380. The average Bonchev–Trinajstić information content (AvgIpc) is 3.06. The van der Waals surface area contributed by atoms with Crippen LogP contribution in [0.1, 0.15) is 17.2 Å². The van der Waals surface area contributed by atoms with Crippen LogP contribution in [-0.4, -0.2) is 71.3 Å². The number of carbonyl (C=O) groups is 1. The zero-order valence-corrected chi connectivity index (χ0v) is 23.7. The second kappa shape index (κ2) is 12.4. The van der Waals surface area contributed by atoms with Crippen LogP contribution in [0, 0.1) is 0 Å². The van der Waals surface area contributed by atoms with Gasteiger partial charge in [-0.15, -0.1) is 0 Å². The van der Waals surface area contributed by atoms with Gasteiger partial charge < -0.3 is 24.8 Å². The van der Waals surface area contributed by atoms with Gasteiger partial charge in [0.15, 0.2) is 0 Å². The number of benzene rings is 2. The van der Waals surface area contributed by atoms with E-state index < -0.39 is 0 Å². The predicted molar refractivity (Wildman–Crippen MR) is 163 cm³/mol. The van der Waals surface area contributed by atoms with Crippen molar-refractivity contribution in [2.75, 3.05) is 55.6 Å². The summed E-state index contributed by atoms with van der Waals surface area (Å²) >= 11 is 0. The number of ether oxygens (including phenoxy) is 1. The molecule has 10 nitrogen and oxygen atoms in total. The van der Waals surface area contributed by atoms with Gasteiger partial charge in [-0.1, -0.05) is 42.5 Å². The Morgan fingerprint density at radius 3 is 2.40 bits per heavy atom. The molecule has 10 heteroatoms. The van der Waals surface area contributed by atoms with E-state index >= 15 is 0 Å². The zero-order chi connectivity index (χ0) is 28.9. The molecule has 2 saturated heterocycles. The lowest BCUT2D eigenvalue weighted by Gasteiger charge is -2.36. The molecule has 2 aromatic carbocycles. The van der Waals surface area contributed by atoms with Gasteiger partial charge in [-0.05, 0) is 35.4 Å². The summed E-state index contributed by atoms with van der Waals surface area (Å²) in [5.41, 5.74) is 4.74. The summed E-state index contributed by atoms with van der Waals surface area (Å²) in [6, 6.07) is 23.8. The van der Waals surface area contributed by atoms with Crippen LogP contribution in [0.4, 0.5) is 16.4 Å². The normalized spacial score (nSPS) is 17.3. The molecule has 2 aromatic heterocycles. The Hall–Kier alpha value is -4.70. The number of hydrogen-bond donors (Lipinski definition) is 1. The molecule has 1 N–H and O–H groups in total. The molecule has 0 radical (unpaired) electrons. The highest BCUT2D eigenvalue weighted by molar-refractivity contribution is 5.68. The molecule has 0 bridgehead atoms. The van der Waals surface area contributed by atoms with Crippen molar-refractivity contribution < 1.29 is 9.53 Å². The Morgan fingerprint density at radius 1 is 0.929 bits per heavy atom. The molecular formula is C32H35N7O3. The first-order chi connectivity index (χ1) is 20.5. The van der Waals surface area contributed by atoms with Gasteiger partial charge >= 0.3 is 6.09 Å². The average molecular weight is 566 g/mol. The van der Waals surface area contributed by atoms with Gasteiger partial charge in [0, 0.05) is 88.6 Å². The summed E-state index contributed by atoms with van der Waals surface area (Å²) in [6.07, 6.45) is 3.15. The van der Waals surface area contributed by atoms with E-state index in [4.69, 9.17) is 9.72 Å². The minimum absolute atomic E-state index is 0.0872. The number of hydrogen-bond acceptors (Lipinski definition) is 8. The lowest BCUT2D eigenvalue weighted by molar-refractivity contribution is 0.0942. The van der Waals surface area contributed by atoms with Crippen molar-refractivity contribution in [1.82, 2.24) is 24.8 Å². The molecule has 0 saturated carbocycles. The summed E-state index contributed by atoms with van der Waals surface area (Å²) in [7, 11) is 1.77. The Balaban J connectivity index is 1.07. The van der Waals surface area contributed by atoms with Gasteiger partial charge in [0.05, 0.1) is 5.69 Å². The standard InChI is InChI=1S/C32H35N7O3/c1-36-30(40)21-28(26-11-13-33-14-12-26)35-31(36)39-16-15-34-29(22-39)25-7-9-27(10-8-25)37-17-19-38(20-18-37)32(41)42-23-24-5-3-2-4-6-24/h2-14,21,29,34H,15-20,22-23H2,1H3. The van der Waals surface area contributed by atoms with E-state index in [-0.39, 0.29) is 24.3 Å². The summed E-state index contributed by atoms with van der Waals surface area (Å²) in [5, 5.41) is 3.62. The van der Waals surface area contributed by atoms with E-state index in [1.807, 2.05) is 42.5 Å². The summed E-state index contributed by atoms with van der Waals surface area (Å²) in [4.78, 5) is 40.5. The monoisotopic (exact) mass is 565 g/mol. The lowest BCUT2D eigenvalue weighted by atomic mass is 10.0. The number of rotatable bonds is 6. The second-order valence-electron chi connectivity index (χ2n) is 10.6. The number of piperazine rings is 2. The highest BCUT2D eigenvalue weighted by Gasteiger charge is 2.26. The summed E-state index contributed by atoms with van der Waals surface area (Å²) in [5.74, 6) is 0.664. The van der Waals surface area contributed by atoms with E-state index in [9.17, 15) is 9.59 Å².